The smallest absolute Gasteiger partial charge is 0.272 e. The van der Waals surface area contributed by atoms with Crippen molar-refractivity contribution in [2.75, 3.05) is 13.1 Å². The Kier molecular flexibility index (Phi) is 3.94. The molecule has 0 bridgehead atoms. The van der Waals surface area contributed by atoms with E-state index in [1.54, 1.807) is 12.4 Å². The van der Waals surface area contributed by atoms with E-state index < -0.39 is 0 Å². The summed E-state index contributed by atoms with van der Waals surface area (Å²) < 4.78 is 1.84. The minimum absolute atomic E-state index is 0.0382. The lowest BCUT2D eigenvalue weighted by Crippen LogP contribution is -2.38. The Labute approximate surface area is 144 Å². The van der Waals surface area contributed by atoms with Gasteiger partial charge in [0.05, 0.1) is 11.2 Å². The number of hydrogen-bond acceptors (Lipinski definition) is 3. The average molecular weight is 341 g/mol. The summed E-state index contributed by atoms with van der Waals surface area (Å²) in [5, 5.41) is 0.652. The number of rotatable bonds is 2. The first-order valence-electron chi connectivity index (χ1n) is 8.05. The number of hydrogen-bond donors (Lipinski definition) is 0. The molecule has 1 amide bonds. The SMILES string of the molecule is O=C(c1cnc2ccccn12)N1CCC(c2ccc(Cl)cn2)CC1. The van der Waals surface area contributed by atoms with Crippen molar-refractivity contribution in [1.82, 2.24) is 19.3 Å². The number of likely N-dealkylation sites (tertiary alicyclic amines) is 1. The van der Waals surface area contributed by atoms with Crippen LogP contribution in [0.4, 0.5) is 0 Å². The zero-order chi connectivity index (χ0) is 16.5. The maximum Gasteiger partial charge on any atom is 0.272 e. The average Bonchev–Trinajstić information content (AvgIpc) is 3.06. The normalized spacial score (nSPS) is 15.8. The molecule has 1 aliphatic rings. The number of imidazole rings is 1. The Morgan fingerprint density at radius 1 is 1.08 bits per heavy atom. The second-order valence-corrected chi connectivity index (χ2v) is 6.48. The lowest BCUT2D eigenvalue weighted by atomic mass is 9.93. The standard InChI is InChI=1S/C18H17ClN4O/c19-14-4-5-15(20-11-14)13-6-9-22(10-7-13)18(24)16-12-21-17-3-1-2-8-23(16)17/h1-5,8,11-13H,6-7,9-10H2. The first-order valence-corrected chi connectivity index (χ1v) is 8.43. The summed E-state index contributed by atoms with van der Waals surface area (Å²) in [6.07, 6.45) is 7.05. The van der Waals surface area contributed by atoms with Gasteiger partial charge in [0.15, 0.2) is 0 Å². The van der Waals surface area contributed by atoms with E-state index >= 15 is 0 Å². The molecule has 0 radical (unpaired) electrons. The van der Waals surface area contributed by atoms with Gasteiger partial charge >= 0.3 is 0 Å². The van der Waals surface area contributed by atoms with Gasteiger partial charge < -0.3 is 4.90 Å². The third kappa shape index (κ3) is 2.76. The molecular weight excluding hydrogens is 324 g/mol. The number of amides is 1. The minimum atomic E-state index is 0.0382. The van der Waals surface area contributed by atoms with Gasteiger partial charge in [0.25, 0.3) is 5.91 Å². The van der Waals surface area contributed by atoms with E-state index in [4.69, 9.17) is 11.6 Å². The molecule has 4 rings (SSSR count). The Morgan fingerprint density at radius 3 is 2.67 bits per heavy atom. The Bertz CT molecular complexity index is 866. The van der Waals surface area contributed by atoms with Crippen LogP contribution in [-0.2, 0) is 0 Å². The van der Waals surface area contributed by atoms with Crippen LogP contribution in [0.2, 0.25) is 5.02 Å². The molecule has 0 aromatic carbocycles. The van der Waals surface area contributed by atoms with Gasteiger partial charge in [-0.2, -0.15) is 0 Å². The van der Waals surface area contributed by atoms with Crippen LogP contribution in [0.5, 0.6) is 0 Å². The van der Waals surface area contributed by atoms with Gasteiger partial charge in [-0.3, -0.25) is 14.2 Å². The lowest BCUT2D eigenvalue weighted by Gasteiger charge is -2.31. The summed E-state index contributed by atoms with van der Waals surface area (Å²) >= 11 is 5.90. The molecule has 3 aromatic rings. The molecule has 122 valence electrons. The Morgan fingerprint density at radius 2 is 1.92 bits per heavy atom. The molecule has 1 fully saturated rings. The molecule has 5 nitrogen and oxygen atoms in total. The predicted octanol–water partition coefficient (Wildman–Crippen LogP) is 3.40. The summed E-state index contributed by atoms with van der Waals surface area (Å²) in [5.41, 5.74) is 2.47. The van der Waals surface area contributed by atoms with Crippen molar-refractivity contribution < 1.29 is 4.79 Å². The van der Waals surface area contributed by atoms with Crippen LogP contribution in [0.3, 0.4) is 0 Å². The molecule has 24 heavy (non-hydrogen) atoms. The molecular formula is C18H17ClN4O. The van der Waals surface area contributed by atoms with Crippen molar-refractivity contribution in [2.45, 2.75) is 18.8 Å². The Hall–Kier alpha value is -2.40. The van der Waals surface area contributed by atoms with Crippen molar-refractivity contribution in [3.63, 3.8) is 0 Å². The molecule has 3 aromatic heterocycles. The molecule has 0 atom stereocenters. The topological polar surface area (TPSA) is 50.5 Å². The number of nitrogens with zero attached hydrogens (tertiary/aromatic N) is 4. The number of carbonyl (C=O) groups is 1. The summed E-state index contributed by atoms with van der Waals surface area (Å²) in [6.45, 7) is 1.46. The number of pyridine rings is 2. The van der Waals surface area contributed by atoms with Crippen molar-refractivity contribution in [3.05, 3.63) is 65.3 Å². The highest BCUT2D eigenvalue weighted by Gasteiger charge is 2.26. The number of fused-ring (bicyclic) bond motifs is 1. The molecule has 0 spiro atoms. The molecule has 6 heteroatoms. The third-order valence-electron chi connectivity index (χ3n) is 4.59. The zero-order valence-corrected chi connectivity index (χ0v) is 13.9. The van der Waals surface area contributed by atoms with E-state index in [0.717, 1.165) is 37.3 Å². The van der Waals surface area contributed by atoms with Crippen LogP contribution in [0, 0.1) is 0 Å². The molecule has 0 saturated carbocycles. The fourth-order valence-electron chi connectivity index (χ4n) is 3.26. The fourth-order valence-corrected chi connectivity index (χ4v) is 3.37. The van der Waals surface area contributed by atoms with Crippen molar-refractivity contribution >= 4 is 23.2 Å². The van der Waals surface area contributed by atoms with Crippen molar-refractivity contribution in [3.8, 4) is 0 Å². The summed E-state index contributed by atoms with van der Waals surface area (Å²) in [4.78, 5) is 23.4. The molecule has 0 aliphatic carbocycles. The number of carbonyl (C=O) groups excluding carboxylic acids is 1. The van der Waals surface area contributed by atoms with E-state index in [1.165, 1.54) is 0 Å². The second kappa shape index (κ2) is 6.24. The summed E-state index contributed by atoms with van der Waals surface area (Å²) in [7, 11) is 0. The first kappa shape index (κ1) is 15.1. The van der Waals surface area contributed by atoms with Crippen LogP contribution in [0.15, 0.2) is 48.9 Å². The molecule has 1 aliphatic heterocycles. The van der Waals surface area contributed by atoms with Crippen molar-refractivity contribution in [1.29, 1.82) is 0 Å². The van der Waals surface area contributed by atoms with Crippen LogP contribution in [0.25, 0.3) is 5.65 Å². The van der Waals surface area contributed by atoms with E-state index in [9.17, 15) is 4.79 Å². The second-order valence-electron chi connectivity index (χ2n) is 6.04. The molecule has 1 saturated heterocycles. The predicted molar refractivity (Wildman–Crippen MR) is 92.3 cm³/mol. The molecule has 0 N–H and O–H groups in total. The highest BCUT2D eigenvalue weighted by atomic mass is 35.5. The highest BCUT2D eigenvalue weighted by Crippen LogP contribution is 2.28. The summed E-state index contributed by atoms with van der Waals surface area (Å²) in [6, 6.07) is 9.58. The van der Waals surface area contributed by atoms with Gasteiger partial charge in [-0.05, 0) is 37.1 Å². The van der Waals surface area contributed by atoms with Crippen LogP contribution in [-0.4, -0.2) is 38.3 Å². The Balaban J connectivity index is 1.47. The van der Waals surface area contributed by atoms with Crippen LogP contribution < -0.4 is 0 Å². The maximum absolute atomic E-state index is 12.8. The monoisotopic (exact) mass is 340 g/mol. The quantitative estimate of drug-likeness (QED) is 0.718. The van der Waals surface area contributed by atoms with Gasteiger partial charge in [0, 0.05) is 37.1 Å². The van der Waals surface area contributed by atoms with Gasteiger partial charge in [-0.1, -0.05) is 17.7 Å². The van der Waals surface area contributed by atoms with Gasteiger partial charge in [-0.15, -0.1) is 0 Å². The van der Waals surface area contributed by atoms with E-state index in [-0.39, 0.29) is 5.91 Å². The largest absolute Gasteiger partial charge is 0.337 e. The molecule has 0 unspecified atom stereocenters. The van der Waals surface area contributed by atoms with E-state index in [0.29, 0.717) is 16.6 Å². The number of halogens is 1. The van der Waals surface area contributed by atoms with Crippen LogP contribution >= 0.6 is 11.6 Å². The van der Waals surface area contributed by atoms with E-state index in [1.807, 2.05) is 45.8 Å². The van der Waals surface area contributed by atoms with Gasteiger partial charge in [0.1, 0.15) is 11.3 Å². The minimum Gasteiger partial charge on any atom is -0.337 e. The van der Waals surface area contributed by atoms with Crippen molar-refractivity contribution in [2.24, 2.45) is 0 Å². The maximum atomic E-state index is 12.8. The zero-order valence-electron chi connectivity index (χ0n) is 13.1. The fraction of sp³-hybridized carbons (Fsp3) is 0.278. The van der Waals surface area contributed by atoms with Gasteiger partial charge in [-0.25, -0.2) is 4.98 Å². The van der Waals surface area contributed by atoms with Gasteiger partial charge in [0.2, 0.25) is 0 Å². The highest BCUT2D eigenvalue weighted by molar-refractivity contribution is 6.30. The number of aromatic nitrogens is 3. The third-order valence-corrected chi connectivity index (χ3v) is 4.81. The number of piperidine rings is 1. The van der Waals surface area contributed by atoms with E-state index in [2.05, 4.69) is 9.97 Å². The lowest BCUT2D eigenvalue weighted by molar-refractivity contribution is 0.0705. The first-order chi connectivity index (χ1) is 11.7. The van der Waals surface area contributed by atoms with Crippen LogP contribution in [0.1, 0.15) is 34.9 Å². The molecule has 4 heterocycles. The summed E-state index contributed by atoms with van der Waals surface area (Å²) in [5.74, 6) is 0.421.